The third kappa shape index (κ3) is 2.63. The molecule has 0 aliphatic rings. The predicted octanol–water partition coefficient (Wildman–Crippen LogP) is 2.85. The summed E-state index contributed by atoms with van der Waals surface area (Å²) in [7, 11) is 3.07. The lowest BCUT2D eigenvalue weighted by Gasteiger charge is -2.11. The summed E-state index contributed by atoms with van der Waals surface area (Å²) in [5, 5.41) is 0. The number of para-hydroxylation sites is 1. The lowest BCUT2D eigenvalue weighted by atomic mass is 10.0. The summed E-state index contributed by atoms with van der Waals surface area (Å²) in [5.41, 5.74) is 1.36. The first-order valence-electron chi connectivity index (χ1n) is 4.98. The summed E-state index contributed by atoms with van der Waals surface area (Å²) < 4.78 is 10.3. The zero-order valence-corrected chi connectivity index (χ0v) is 9.87. The van der Waals surface area contributed by atoms with Crippen LogP contribution in [-0.4, -0.2) is 20.0 Å². The van der Waals surface area contributed by atoms with E-state index in [0.29, 0.717) is 23.5 Å². The van der Waals surface area contributed by atoms with Crippen LogP contribution in [0.4, 0.5) is 0 Å². The summed E-state index contributed by atoms with van der Waals surface area (Å²) in [6.07, 6.45) is 0.323. The Morgan fingerprint density at radius 3 is 2.50 bits per heavy atom. The van der Waals surface area contributed by atoms with Crippen LogP contribution in [-0.2, 0) is 0 Å². The van der Waals surface area contributed by atoms with Gasteiger partial charge in [0, 0.05) is 6.42 Å². The largest absolute Gasteiger partial charge is 0.493 e. The minimum absolute atomic E-state index is 0.0109. The molecule has 0 saturated carbocycles. The summed E-state index contributed by atoms with van der Waals surface area (Å²) in [5.74, 6) is 1.04. The van der Waals surface area contributed by atoms with Crippen LogP contribution in [0.25, 0.3) is 0 Å². The number of methoxy groups -OCH3 is 2. The number of hydrogen-bond acceptors (Lipinski definition) is 3. The van der Waals surface area contributed by atoms with Crippen molar-refractivity contribution in [1.82, 2.24) is 0 Å². The number of benzene rings is 1. The summed E-state index contributed by atoms with van der Waals surface area (Å²) in [6, 6.07) is 5.26. The SMILES string of the molecule is C=C(C)CC(=O)c1cccc(OC)c1OC. The van der Waals surface area contributed by atoms with Crippen molar-refractivity contribution in [2.24, 2.45) is 0 Å². The summed E-state index contributed by atoms with van der Waals surface area (Å²) >= 11 is 0. The van der Waals surface area contributed by atoms with Crippen molar-refractivity contribution < 1.29 is 14.3 Å². The Morgan fingerprint density at radius 2 is 2.00 bits per heavy atom. The molecule has 1 aromatic carbocycles. The van der Waals surface area contributed by atoms with E-state index in [0.717, 1.165) is 5.57 Å². The topological polar surface area (TPSA) is 35.5 Å². The smallest absolute Gasteiger partial charge is 0.171 e. The molecule has 0 bridgehead atoms. The maximum atomic E-state index is 11.9. The molecule has 3 heteroatoms. The Kier molecular flexibility index (Phi) is 4.11. The second-order valence-corrected chi connectivity index (χ2v) is 3.60. The molecule has 0 saturated heterocycles. The molecule has 0 radical (unpaired) electrons. The van der Waals surface area contributed by atoms with Crippen molar-refractivity contribution in [2.45, 2.75) is 13.3 Å². The van der Waals surface area contributed by atoms with Gasteiger partial charge in [0.25, 0.3) is 0 Å². The van der Waals surface area contributed by atoms with Crippen molar-refractivity contribution in [3.63, 3.8) is 0 Å². The lowest BCUT2D eigenvalue weighted by molar-refractivity contribution is 0.0989. The van der Waals surface area contributed by atoms with Crippen LogP contribution in [0.15, 0.2) is 30.4 Å². The number of carbonyl (C=O) groups is 1. The van der Waals surface area contributed by atoms with E-state index in [2.05, 4.69) is 6.58 Å². The first-order valence-corrected chi connectivity index (χ1v) is 4.98. The molecule has 0 spiro atoms. The highest BCUT2D eigenvalue weighted by Gasteiger charge is 2.15. The van der Waals surface area contributed by atoms with E-state index in [1.54, 1.807) is 25.3 Å². The minimum Gasteiger partial charge on any atom is -0.493 e. The van der Waals surface area contributed by atoms with Crippen molar-refractivity contribution >= 4 is 5.78 Å². The van der Waals surface area contributed by atoms with E-state index >= 15 is 0 Å². The van der Waals surface area contributed by atoms with Gasteiger partial charge < -0.3 is 9.47 Å². The molecular formula is C13H16O3. The van der Waals surface area contributed by atoms with Gasteiger partial charge in [-0.15, -0.1) is 0 Å². The Labute approximate surface area is 95.7 Å². The van der Waals surface area contributed by atoms with Crippen LogP contribution in [0.2, 0.25) is 0 Å². The van der Waals surface area contributed by atoms with Crippen LogP contribution < -0.4 is 9.47 Å². The first-order chi connectivity index (χ1) is 7.60. The third-order valence-corrected chi connectivity index (χ3v) is 2.17. The molecule has 0 aliphatic carbocycles. The molecule has 86 valence electrons. The second-order valence-electron chi connectivity index (χ2n) is 3.60. The van der Waals surface area contributed by atoms with Gasteiger partial charge in [-0.2, -0.15) is 0 Å². The van der Waals surface area contributed by atoms with E-state index in [4.69, 9.17) is 9.47 Å². The standard InChI is InChI=1S/C13H16O3/c1-9(2)8-11(14)10-6-5-7-12(15-3)13(10)16-4/h5-7H,1,8H2,2-4H3. The van der Waals surface area contributed by atoms with Gasteiger partial charge in [-0.25, -0.2) is 0 Å². The monoisotopic (exact) mass is 220 g/mol. The second kappa shape index (κ2) is 5.35. The molecule has 0 aromatic heterocycles. The highest BCUT2D eigenvalue weighted by molar-refractivity contribution is 6.00. The molecular weight excluding hydrogens is 204 g/mol. The highest BCUT2D eigenvalue weighted by Crippen LogP contribution is 2.31. The molecule has 0 N–H and O–H groups in total. The van der Waals surface area contributed by atoms with Crippen molar-refractivity contribution in [2.75, 3.05) is 14.2 Å². The average Bonchev–Trinajstić information content (AvgIpc) is 2.26. The van der Waals surface area contributed by atoms with E-state index in [1.165, 1.54) is 7.11 Å². The highest BCUT2D eigenvalue weighted by atomic mass is 16.5. The molecule has 0 fully saturated rings. The lowest BCUT2D eigenvalue weighted by Crippen LogP contribution is -2.03. The van der Waals surface area contributed by atoms with Crippen molar-refractivity contribution in [1.29, 1.82) is 0 Å². The van der Waals surface area contributed by atoms with Gasteiger partial charge in [0.15, 0.2) is 17.3 Å². The third-order valence-electron chi connectivity index (χ3n) is 2.17. The van der Waals surface area contributed by atoms with Crippen LogP contribution in [0, 0.1) is 0 Å². The van der Waals surface area contributed by atoms with Gasteiger partial charge in [0.05, 0.1) is 19.8 Å². The number of hydrogen-bond donors (Lipinski definition) is 0. The van der Waals surface area contributed by atoms with Crippen molar-refractivity contribution in [3.8, 4) is 11.5 Å². The predicted molar refractivity (Wildman–Crippen MR) is 63.3 cm³/mol. The van der Waals surface area contributed by atoms with Gasteiger partial charge in [-0.05, 0) is 19.1 Å². The molecule has 16 heavy (non-hydrogen) atoms. The van der Waals surface area contributed by atoms with E-state index in [9.17, 15) is 4.79 Å². The molecule has 0 heterocycles. The van der Waals surface area contributed by atoms with Gasteiger partial charge >= 0.3 is 0 Å². The van der Waals surface area contributed by atoms with Crippen LogP contribution >= 0.6 is 0 Å². The summed E-state index contributed by atoms with van der Waals surface area (Å²) in [6.45, 7) is 5.55. The minimum atomic E-state index is -0.0109. The number of ketones is 1. The zero-order valence-electron chi connectivity index (χ0n) is 9.87. The van der Waals surface area contributed by atoms with Crippen LogP contribution in [0.3, 0.4) is 0 Å². The molecule has 0 aliphatic heterocycles. The number of rotatable bonds is 5. The fraction of sp³-hybridized carbons (Fsp3) is 0.308. The maximum absolute atomic E-state index is 11.9. The van der Waals surface area contributed by atoms with E-state index in [1.807, 2.05) is 6.92 Å². The molecule has 1 aromatic rings. The Balaban J connectivity index is 3.12. The van der Waals surface area contributed by atoms with Gasteiger partial charge in [-0.1, -0.05) is 18.2 Å². The van der Waals surface area contributed by atoms with Crippen LogP contribution in [0.1, 0.15) is 23.7 Å². The first kappa shape index (κ1) is 12.3. The Hall–Kier alpha value is -1.77. The maximum Gasteiger partial charge on any atom is 0.171 e. The number of ether oxygens (including phenoxy) is 2. The van der Waals surface area contributed by atoms with E-state index in [-0.39, 0.29) is 5.78 Å². The van der Waals surface area contributed by atoms with Gasteiger partial charge in [0.2, 0.25) is 0 Å². The van der Waals surface area contributed by atoms with Gasteiger partial charge in [0.1, 0.15) is 0 Å². The Bertz CT molecular complexity index is 408. The zero-order chi connectivity index (χ0) is 12.1. The average molecular weight is 220 g/mol. The fourth-order valence-corrected chi connectivity index (χ4v) is 1.48. The quantitative estimate of drug-likeness (QED) is 0.565. The molecule has 1 rings (SSSR count). The van der Waals surface area contributed by atoms with E-state index < -0.39 is 0 Å². The van der Waals surface area contributed by atoms with Crippen LogP contribution in [0.5, 0.6) is 11.5 Å². The normalized spacial score (nSPS) is 9.69. The number of carbonyl (C=O) groups excluding carboxylic acids is 1. The fourth-order valence-electron chi connectivity index (χ4n) is 1.48. The molecule has 3 nitrogen and oxygen atoms in total. The van der Waals surface area contributed by atoms with Gasteiger partial charge in [-0.3, -0.25) is 4.79 Å². The summed E-state index contributed by atoms with van der Waals surface area (Å²) in [4.78, 5) is 11.9. The molecule has 0 amide bonds. The number of Topliss-reactive ketones (excluding diaryl/α,β-unsaturated/α-hetero) is 1. The Morgan fingerprint density at radius 1 is 1.31 bits per heavy atom. The number of allylic oxidation sites excluding steroid dienone is 1. The molecule has 0 unspecified atom stereocenters. The molecule has 0 atom stereocenters. The van der Waals surface area contributed by atoms with Crippen molar-refractivity contribution in [3.05, 3.63) is 35.9 Å².